The molecule has 0 radical (unpaired) electrons. The lowest BCUT2D eigenvalue weighted by Gasteiger charge is -2.23. The first-order valence-corrected chi connectivity index (χ1v) is 7.81. The summed E-state index contributed by atoms with van der Waals surface area (Å²) in [6.07, 6.45) is 1.37. The molecule has 0 spiro atoms. The molecule has 1 N–H and O–H groups in total. The van der Waals surface area contributed by atoms with Gasteiger partial charge < -0.3 is 14.7 Å². The van der Waals surface area contributed by atoms with Crippen LogP contribution in [0.1, 0.15) is 34.7 Å². The topological polar surface area (TPSA) is 75.4 Å². The third-order valence-electron chi connectivity index (χ3n) is 4.04. The predicted octanol–water partition coefficient (Wildman–Crippen LogP) is 2.04. The van der Waals surface area contributed by atoms with Crippen molar-refractivity contribution in [1.29, 1.82) is 0 Å². The highest BCUT2D eigenvalue weighted by atomic mass is 19.1. The van der Waals surface area contributed by atoms with Crippen molar-refractivity contribution in [3.05, 3.63) is 53.2 Å². The van der Waals surface area contributed by atoms with E-state index in [1.165, 1.54) is 17.0 Å². The van der Waals surface area contributed by atoms with Gasteiger partial charge in [-0.3, -0.25) is 9.59 Å². The van der Waals surface area contributed by atoms with Crippen molar-refractivity contribution in [3.63, 3.8) is 0 Å². The van der Waals surface area contributed by atoms with E-state index in [9.17, 15) is 14.0 Å². The molecule has 2 aromatic rings. The second kappa shape index (κ2) is 6.82. The van der Waals surface area contributed by atoms with Gasteiger partial charge in [0.15, 0.2) is 5.69 Å². The second-order valence-electron chi connectivity index (χ2n) is 5.82. The van der Waals surface area contributed by atoms with Crippen LogP contribution in [0.3, 0.4) is 0 Å². The Kier molecular flexibility index (Phi) is 4.59. The maximum Gasteiger partial charge on any atom is 0.276 e. The summed E-state index contributed by atoms with van der Waals surface area (Å²) < 4.78 is 17.8. The number of carbonyl (C=O) groups is 2. The zero-order valence-corrected chi connectivity index (χ0v) is 13.3. The lowest BCUT2D eigenvalue weighted by atomic mass is 10.1. The average molecular weight is 331 g/mol. The molecule has 3 rings (SSSR count). The molecule has 1 unspecified atom stereocenters. The molecule has 1 aromatic carbocycles. The molecule has 7 heteroatoms. The molecule has 6 nitrogen and oxygen atoms in total. The van der Waals surface area contributed by atoms with Crippen LogP contribution in [0.5, 0.6) is 0 Å². The van der Waals surface area contributed by atoms with E-state index >= 15 is 0 Å². The van der Waals surface area contributed by atoms with E-state index < -0.39 is 6.04 Å². The Hall–Kier alpha value is -2.70. The Morgan fingerprint density at radius 1 is 1.38 bits per heavy atom. The molecular weight excluding hydrogens is 313 g/mol. The van der Waals surface area contributed by atoms with Crippen molar-refractivity contribution in [1.82, 2.24) is 15.4 Å². The molecule has 1 aromatic heterocycles. The fourth-order valence-electron chi connectivity index (χ4n) is 2.81. The number of nitrogens with zero attached hydrogens (tertiary/aromatic N) is 2. The number of aryl methyl sites for hydroxylation is 1. The molecule has 1 fully saturated rings. The van der Waals surface area contributed by atoms with E-state index in [1.54, 1.807) is 25.1 Å². The maximum absolute atomic E-state index is 12.9. The highest BCUT2D eigenvalue weighted by molar-refractivity contribution is 5.96. The summed E-state index contributed by atoms with van der Waals surface area (Å²) in [5.74, 6) is -0.285. The molecule has 1 saturated heterocycles. The van der Waals surface area contributed by atoms with Crippen LogP contribution in [-0.2, 0) is 11.3 Å². The minimum absolute atomic E-state index is 0.214. The molecule has 24 heavy (non-hydrogen) atoms. The van der Waals surface area contributed by atoms with Gasteiger partial charge >= 0.3 is 0 Å². The Labute approximate surface area is 138 Å². The van der Waals surface area contributed by atoms with Crippen molar-refractivity contribution < 1.29 is 18.5 Å². The number of likely N-dealkylation sites (tertiary alicyclic amines) is 1. The van der Waals surface area contributed by atoms with Gasteiger partial charge in [0.1, 0.15) is 17.6 Å². The summed E-state index contributed by atoms with van der Waals surface area (Å²) in [6, 6.07) is 6.97. The van der Waals surface area contributed by atoms with E-state index in [0.29, 0.717) is 25.3 Å². The number of hydrogen-bond donors (Lipinski definition) is 1. The number of aromatic nitrogens is 1. The zero-order valence-electron chi connectivity index (χ0n) is 13.3. The summed E-state index contributed by atoms with van der Waals surface area (Å²) in [5, 5.41) is 6.53. The van der Waals surface area contributed by atoms with Crippen LogP contribution >= 0.6 is 0 Å². The van der Waals surface area contributed by atoms with Gasteiger partial charge in [0.25, 0.3) is 5.91 Å². The quantitative estimate of drug-likeness (QED) is 0.930. The van der Waals surface area contributed by atoms with Crippen LogP contribution < -0.4 is 5.32 Å². The highest BCUT2D eigenvalue weighted by Crippen LogP contribution is 2.20. The monoisotopic (exact) mass is 331 g/mol. The number of carbonyl (C=O) groups excluding carboxylic acids is 2. The molecular formula is C17H18FN3O3. The second-order valence-corrected chi connectivity index (χ2v) is 5.82. The van der Waals surface area contributed by atoms with Crippen molar-refractivity contribution in [2.45, 2.75) is 32.4 Å². The summed E-state index contributed by atoms with van der Waals surface area (Å²) in [7, 11) is 0. The van der Waals surface area contributed by atoms with Crippen molar-refractivity contribution >= 4 is 11.8 Å². The van der Waals surface area contributed by atoms with Crippen LogP contribution in [0.25, 0.3) is 0 Å². The lowest BCUT2D eigenvalue weighted by Crippen LogP contribution is -2.45. The lowest BCUT2D eigenvalue weighted by molar-refractivity contribution is -0.125. The van der Waals surface area contributed by atoms with Gasteiger partial charge in [-0.15, -0.1) is 0 Å². The third-order valence-corrected chi connectivity index (χ3v) is 4.04. The fourth-order valence-corrected chi connectivity index (χ4v) is 2.81. The highest BCUT2D eigenvalue weighted by Gasteiger charge is 2.35. The van der Waals surface area contributed by atoms with Crippen LogP contribution in [-0.4, -0.2) is 34.5 Å². The third kappa shape index (κ3) is 3.45. The summed E-state index contributed by atoms with van der Waals surface area (Å²) in [4.78, 5) is 26.4. The number of benzene rings is 1. The Bertz CT molecular complexity index is 742. The van der Waals surface area contributed by atoms with E-state index in [0.717, 1.165) is 12.0 Å². The smallest absolute Gasteiger partial charge is 0.276 e. The molecule has 0 aliphatic carbocycles. The van der Waals surface area contributed by atoms with Gasteiger partial charge in [-0.1, -0.05) is 17.3 Å². The molecule has 1 atom stereocenters. The number of hydrogen-bond acceptors (Lipinski definition) is 4. The fraction of sp³-hybridized carbons (Fsp3) is 0.353. The first-order valence-electron chi connectivity index (χ1n) is 7.81. The van der Waals surface area contributed by atoms with Gasteiger partial charge in [-0.25, -0.2) is 4.39 Å². The minimum Gasteiger partial charge on any atom is -0.361 e. The Morgan fingerprint density at radius 2 is 2.12 bits per heavy atom. The maximum atomic E-state index is 12.9. The van der Waals surface area contributed by atoms with Crippen LogP contribution in [0.4, 0.5) is 4.39 Å². The SMILES string of the molecule is Cc1cc(C(=O)N2CCCC2C(=O)NCc2ccc(F)cc2)no1. The van der Waals surface area contributed by atoms with Crippen LogP contribution in [0.15, 0.2) is 34.9 Å². The van der Waals surface area contributed by atoms with E-state index in [-0.39, 0.29) is 23.3 Å². The Balaban J connectivity index is 1.63. The number of rotatable bonds is 4. The van der Waals surface area contributed by atoms with Gasteiger partial charge in [0.2, 0.25) is 5.91 Å². The largest absolute Gasteiger partial charge is 0.361 e. The van der Waals surface area contributed by atoms with Gasteiger partial charge in [0.05, 0.1) is 0 Å². The summed E-state index contributed by atoms with van der Waals surface area (Å²) >= 11 is 0. The average Bonchev–Trinajstić information content (AvgIpc) is 3.22. The van der Waals surface area contributed by atoms with Gasteiger partial charge in [-0.2, -0.15) is 0 Å². The molecule has 1 aliphatic rings. The molecule has 2 heterocycles. The number of amides is 2. The number of halogens is 1. The zero-order chi connectivity index (χ0) is 17.1. The summed E-state index contributed by atoms with van der Waals surface area (Å²) in [6.45, 7) is 2.51. The molecule has 1 aliphatic heterocycles. The van der Waals surface area contributed by atoms with E-state index in [1.807, 2.05) is 0 Å². The first kappa shape index (κ1) is 16.2. The molecule has 0 saturated carbocycles. The molecule has 126 valence electrons. The van der Waals surface area contributed by atoms with Crippen LogP contribution in [0, 0.1) is 12.7 Å². The van der Waals surface area contributed by atoms with Crippen LogP contribution in [0.2, 0.25) is 0 Å². The van der Waals surface area contributed by atoms with Gasteiger partial charge in [-0.05, 0) is 37.5 Å². The van der Waals surface area contributed by atoms with Crippen molar-refractivity contribution in [2.24, 2.45) is 0 Å². The van der Waals surface area contributed by atoms with Crippen molar-refractivity contribution in [3.8, 4) is 0 Å². The molecule has 0 bridgehead atoms. The van der Waals surface area contributed by atoms with E-state index in [2.05, 4.69) is 10.5 Å². The normalized spacial score (nSPS) is 17.1. The van der Waals surface area contributed by atoms with Crippen molar-refractivity contribution in [2.75, 3.05) is 6.54 Å². The standard InChI is InChI=1S/C17H18FN3O3/c1-11-9-14(20-24-11)17(23)21-8-2-3-15(21)16(22)19-10-12-4-6-13(18)7-5-12/h4-7,9,15H,2-3,8,10H2,1H3,(H,19,22). The first-order chi connectivity index (χ1) is 11.5. The predicted molar refractivity (Wildman–Crippen MR) is 83.5 cm³/mol. The summed E-state index contributed by atoms with van der Waals surface area (Å²) in [5.41, 5.74) is 1.01. The minimum atomic E-state index is -0.519. The van der Waals surface area contributed by atoms with Gasteiger partial charge in [0, 0.05) is 19.2 Å². The molecule has 2 amide bonds. The number of nitrogens with one attached hydrogen (secondary N) is 1. The van der Waals surface area contributed by atoms with E-state index in [4.69, 9.17) is 4.52 Å². The Morgan fingerprint density at radius 3 is 2.79 bits per heavy atom.